The Bertz CT molecular complexity index is 522. The monoisotopic (exact) mass is 274 g/mol. The van der Waals surface area contributed by atoms with Gasteiger partial charge >= 0.3 is 0 Å². The van der Waals surface area contributed by atoms with E-state index in [9.17, 15) is 9.59 Å². The highest BCUT2D eigenvalue weighted by molar-refractivity contribution is 5.94. The first-order valence-corrected chi connectivity index (χ1v) is 7.02. The molecule has 0 N–H and O–H groups in total. The smallest absolute Gasteiger partial charge is 0.253 e. The Hall–Kier alpha value is -2.04. The Labute approximate surface area is 118 Å². The summed E-state index contributed by atoms with van der Waals surface area (Å²) in [6, 6.07) is 5.67. The normalized spacial score (nSPS) is 18.2. The van der Waals surface area contributed by atoms with Crippen LogP contribution in [0.5, 0.6) is 5.75 Å². The van der Waals surface area contributed by atoms with Gasteiger partial charge in [0.05, 0.1) is 6.61 Å². The van der Waals surface area contributed by atoms with Crippen molar-refractivity contribution in [1.82, 2.24) is 9.80 Å². The molecular weight excluding hydrogens is 256 g/mol. The number of hydrogen-bond donors (Lipinski definition) is 0. The minimum Gasteiger partial charge on any atom is -0.493 e. The van der Waals surface area contributed by atoms with Gasteiger partial charge in [0, 0.05) is 31.7 Å². The number of piperazine rings is 1. The summed E-state index contributed by atoms with van der Waals surface area (Å²) >= 11 is 0. The number of benzene rings is 1. The summed E-state index contributed by atoms with van der Waals surface area (Å²) in [6.07, 6.45) is 2.82. The minimum atomic E-state index is 0.0453. The van der Waals surface area contributed by atoms with Gasteiger partial charge in [-0.25, -0.2) is 0 Å². The number of aryl methyl sites for hydroxylation is 1. The number of carbonyl (C=O) groups excluding carboxylic acids is 2. The highest BCUT2D eigenvalue weighted by atomic mass is 16.5. The van der Waals surface area contributed by atoms with Gasteiger partial charge in [-0.2, -0.15) is 0 Å². The van der Waals surface area contributed by atoms with Crippen LogP contribution in [0.1, 0.15) is 22.3 Å². The molecular formula is C15H18N2O3. The topological polar surface area (TPSA) is 49.9 Å². The van der Waals surface area contributed by atoms with Crippen molar-refractivity contribution in [3.05, 3.63) is 29.3 Å². The van der Waals surface area contributed by atoms with Crippen molar-refractivity contribution < 1.29 is 14.3 Å². The molecule has 5 nitrogen and oxygen atoms in total. The fourth-order valence-corrected chi connectivity index (χ4v) is 2.71. The summed E-state index contributed by atoms with van der Waals surface area (Å²) in [5, 5.41) is 0. The lowest BCUT2D eigenvalue weighted by Crippen LogP contribution is -2.48. The van der Waals surface area contributed by atoms with E-state index in [1.54, 1.807) is 4.90 Å². The molecule has 0 unspecified atom stereocenters. The van der Waals surface area contributed by atoms with Crippen molar-refractivity contribution in [2.24, 2.45) is 0 Å². The second-order valence-corrected chi connectivity index (χ2v) is 5.21. The third kappa shape index (κ3) is 2.48. The third-order valence-corrected chi connectivity index (χ3v) is 3.91. The number of rotatable bonds is 2. The summed E-state index contributed by atoms with van der Waals surface area (Å²) in [5.74, 6) is 0.947. The van der Waals surface area contributed by atoms with E-state index in [2.05, 4.69) is 0 Å². The first kappa shape index (κ1) is 13.0. The first-order chi connectivity index (χ1) is 9.78. The average Bonchev–Trinajstić information content (AvgIpc) is 2.54. The Morgan fingerprint density at radius 2 is 2.00 bits per heavy atom. The number of fused-ring (bicyclic) bond motifs is 1. The lowest BCUT2D eigenvalue weighted by atomic mass is 10.0. The number of amides is 2. The molecule has 0 saturated carbocycles. The molecule has 1 aromatic carbocycles. The number of nitrogens with zero attached hydrogens (tertiary/aromatic N) is 2. The van der Waals surface area contributed by atoms with Crippen LogP contribution in [0.25, 0.3) is 0 Å². The summed E-state index contributed by atoms with van der Waals surface area (Å²) in [5.41, 5.74) is 1.84. The summed E-state index contributed by atoms with van der Waals surface area (Å²) < 4.78 is 5.56. The molecule has 0 radical (unpaired) electrons. The maximum atomic E-state index is 12.5. The summed E-state index contributed by atoms with van der Waals surface area (Å²) in [4.78, 5) is 26.6. The molecule has 1 saturated heterocycles. The molecule has 1 fully saturated rings. The molecule has 2 aliphatic rings. The van der Waals surface area contributed by atoms with Gasteiger partial charge in [0.25, 0.3) is 5.91 Å². The van der Waals surface area contributed by atoms with E-state index < -0.39 is 0 Å². The second-order valence-electron chi connectivity index (χ2n) is 5.21. The molecule has 0 aliphatic carbocycles. The molecule has 1 aromatic rings. The molecule has 0 aromatic heterocycles. The van der Waals surface area contributed by atoms with Crippen molar-refractivity contribution in [2.75, 3.05) is 32.8 Å². The fourth-order valence-electron chi connectivity index (χ4n) is 2.71. The molecule has 0 atom stereocenters. The van der Waals surface area contributed by atoms with E-state index in [0.717, 1.165) is 37.2 Å². The van der Waals surface area contributed by atoms with Crippen LogP contribution in [0.2, 0.25) is 0 Å². The zero-order valence-corrected chi connectivity index (χ0v) is 11.4. The van der Waals surface area contributed by atoms with Gasteiger partial charge in [0.15, 0.2) is 0 Å². The first-order valence-electron chi connectivity index (χ1n) is 7.02. The van der Waals surface area contributed by atoms with Crippen molar-refractivity contribution >= 4 is 12.3 Å². The van der Waals surface area contributed by atoms with Crippen molar-refractivity contribution in [3.63, 3.8) is 0 Å². The predicted molar refractivity (Wildman–Crippen MR) is 73.8 cm³/mol. The van der Waals surface area contributed by atoms with E-state index >= 15 is 0 Å². The van der Waals surface area contributed by atoms with Gasteiger partial charge in [-0.15, -0.1) is 0 Å². The molecule has 0 spiro atoms. The van der Waals surface area contributed by atoms with Gasteiger partial charge in [0.2, 0.25) is 6.41 Å². The zero-order valence-electron chi connectivity index (χ0n) is 11.4. The Morgan fingerprint density at radius 3 is 2.75 bits per heavy atom. The lowest BCUT2D eigenvalue weighted by molar-refractivity contribution is -0.119. The fraction of sp³-hybridized carbons (Fsp3) is 0.467. The second kappa shape index (κ2) is 5.53. The van der Waals surface area contributed by atoms with E-state index in [4.69, 9.17) is 4.74 Å². The number of ether oxygens (including phenoxy) is 1. The Balaban J connectivity index is 1.72. The predicted octanol–water partition coefficient (Wildman–Crippen LogP) is 0.926. The molecule has 2 amide bonds. The van der Waals surface area contributed by atoms with Crippen LogP contribution in [0.3, 0.4) is 0 Å². The molecule has 2 heterocycles. The molecule has 20 heavy (non-hydrogen) atoms. The van der Waals surface area contributed by atoms with Crippen LogP contribution in [0.15, 0.2) is 18.2 Å². The van der Waals surface area contributed by atoms with Gasteiger partial charge in [-0.1, -0.05) is 0 Å². The van der Waals surface area contributed by atoms with Gasteiger partial charge < -0.3 is 14.5 Å². The molecule has 3 rings (SSSR count). The lowest BCUT2D eigenvalue weighted by Gasteiger charge is -2.32. The Kier molecular flexibility index (Phi) is 3.58. The highest BCUT2D eigenvalue weighted by Gasteiger charge is 2.22. The SMILES string of the molecule is O=CN1CCN(C(=O)c2ccc3c(c2)CCCO3)CC1. The highest BCUT2D eigenvalue weighted by Crippen LogP contribution is 2.26. The van der Waals surface area contributed by atoms with Crippen LogP contribution in [0, 0.1) is 0 Å². The largest absolute Gasteiger partial charge is 0.493 e. The van der Waals surface area contributed by atoms with Gasteiger partial charge in [-0.3, -0.25) is 9.59 Å². The van der Waals surface area contributed by atoms with Gasteiger partial charge in [-0.05, 0) is 36.6 Å². The van der Waals surface area contributed by atoms with Crippen molar-refractivity contribution in [3.8, 4) is 5.75 Å². The zero-order chi connectivity index (χ0) is 13.9. The third-order valence-electron chi connectivity index (χ3n) is 3.91. The molecule has 2 aliphatic heterocycles. The van der Waals surface area contributed by atoms with E-state index in [1.165, 1.54) is 0 Å². The van der Waals surface area contributed by atoms with Crippen molar-refractivity contribution in [1.29, 1.82) is 0 Å². The van der Waals surface area contributed by atoms with Crippen LogP contribution in [0.4, 0.5) is 0 Å². The quantitative estimate of drug-likeness (QED) is 0.754. The van der Waals surface area contributed by atoms with Crippen LogP contribution in [-0.4, -0.2) is 54.9 Å². The molecule has 106 valence electrons. The number of hydrogen-bond acceptors (Lipinski definition) is 3. The van der Waals surface area contributed by atoms with Crippen LogP contribution in [-0.2, 0) is 11.2 Å². The minimum absolute atomic E-state index is 0.0453. The van der Waals surface area contributed by atoms with Crippen LogP contribution >= 0.6 is 0 Å². The standard InChI is InChI=1S/C15H18N2O3/c18-11-16-5-7-17(8-6-16)15(19)13-3-4-14-12(10-13)2-1-9-20-14/h3-4,10-11H,1-2,5-9H2. The van der Waals surface area contributed by atoms with Crippen LogP contribution < -0.4 is 4.74 Å². The number of carbonyl (C=O) groups is 2. The summed E-state index contributed by atoms with van der Waals surface area (Å²) in [6.45, 7) is 3.19. The average molecular weight is 274 g/mol. The van der Waals surface area contributed by atoms with E-state index in [0.29, 0.717) is 31.7 Å². The van der Waals surface area contributed by atoms with E-state index in [1.807, 2.05) is 23.1 Å². The maximum absolute atomic E-state index is 12.5. The molecule has 0 bridgehead atoms. The Morgan fingerprint density at radius 1 is 1.20 bits per heavy atom. The summed E-state index contributed by atoms with van der Waals surface area (Å²) in [7, 11) is 0. The van der Waals surface area contributed by atoms with Crippen molar-refractivity contribution in [2.45, 2.75) is 12.8 Å². The van der Waals surface area contributed by atoms with Gasteiger partial charge in [0.1, 0.15) is 5.75 Å². The molecule has 5 heteroatoms. The maximum Gasteiger partial charge on any atom is 0.253 e. The van der Waals surface area contributed by atoms with E-state index in [-0.39, 0.29) is 5.91 Å².